The van der Waals surface area contributed by atoms with E-state index in [0.717, 1.165) is 12.0 Å². The van der Waals surface area contributed by atoms with Gasteiger partial charge in [-0.3, -0.25) is 4.79 Å². The zero-order valence-electron chi connectivity index (χ0n) is 8.47. The van der Waals surface area contributed by atoms with Crippen molar-refractivity contribution < 1.29 is 9.53 Å². The molecule has 1 aromatic carbocycles. The molecule has 2 rings (SSSR count). The van der Waals surface area contributed by atoms with Gasteiger partial charge in [0.1, 0.15) is 5.75 Å². The Kier molecular flexibility index (Phi) is 2.82. The van der Waals surface area contributed by atoms with Crippen LogP contribution in [0.4, 0.5) is 0 Å². The summed E-state index contributed by atoms with van der Waals surface area (Å²) >= 11 is 5.97. The summed E-state index contributed by atoms with van der Waals surface area (Å²) in [5.74, 6) is 0.608. The van der Waals surface area contributed by atoms with Gasteiger partial charge in [0.2, 0.25) is 0 Å². The fraction of sp³-hybridized carbons (Fsp3) is 0.364. The maximum absolute atomic E-state index is 11.7. The third kappa shape index (κ3) is 1.79. The maximum Gasteiger partial charge on any atom is 0.251 e. The van der Waals surface area contributed by atoms with E-state index in [0.29, 0.717) is 29.5 Å². The number of rotatable bonds is 2. The highest BCUT2D eigenvalue weighted by Gasteiger charge is 2.22. The topological polar surface area (TPSA) is 38.3 Å². The van der Waals surface area contributed by atoms with E-state index in [1.54, 1.807) is 12.1 Å². The molecule has 0 spiro atoms. The average molecular weight is 226 g/mol. The van der Waals surface area contributed by atoms with Crippen LogP contribution in [0.5, 0.6) is 5.75 Å². The van der Waals surface area contributed by atoms with Crippen molar-refractivity contribution in [2.75, 3.05) is 13.2 Å². The number of carbonyl (C=O) groups is 1. The highest BCUT2D eigenvalue weighted by atomic mass is 35.5. The van der Waals surface area contributed by atoms with E-state index in [4.69, 9.17) is 16.3 Å². The molecule has 1 N–H and O–H groups in total. The summed E-state index contributed by atoms with van der Waals surface area (Å²) in [4.78, 5) is 11.7. The monoisotopic (exact) mass is 225 g/mol. The molecule has 3 nitrogen and oxygen atoms in total. The molecule has 0 aromatic heterocycles. The first-order valence-electron chi connectivity index (χ1n) is 4.96. The van der Waals surface area contributed by atoms with Gasteiger partial charge in [0.25, 0.3) is 5.91 Å². The van der Waals surface area contributed by atoms with Gasteiger partial charge in [0, 0.05) is 24.1 Å². The number of halogens is 1. The van der Waals surface area contributed by atoms with Crippen molar-refractivity contribution in [3.8, 4) is 5.75 Å². The van der Waals surface area contributed by atoms with Crippen LogP contribution >= 0.6 is 11.6 Å². The highest BCUT2D eigenvalue weighted by Crippen LogP contribution is 2.35. The van der Waals surface area contributed by atoms with E-state index >= 15 is 0 Å². The van der Waals surface area contributed by atoms with Gasteiger partial charge >= 0.3 is 0 Å². The molecule has 0 saturated heterocycles. The standard InChI is InChI=1S/C11H12ClNO2/c1-2-13-11(14)8-3-4-9(12)10-7(8)5-6-15-10/h3-4H,2,5-6H2,1H3,(H,13,14). The summed E-state index contributed by atoms with van der Waals surface area (Å²) in [6.45, 7) is 3.12. The van der Waals surface area contributed by atoms with Crippen LogP contribution in [0.2, 0.25) is 5.02 Å². The van der Waals surface area contributed by atoms with Crippen LogP contribution < -0.4 is 10.1 Å². The largest absolute Gasteiger partial charge is 0.491 e. The molecule has 0 bridgehead atoms. The predicted molar refractivity (Wildman–Crippen MR) is 58.7 cm³/mol. The van der Waals surface area contributed by atoms with Gasteiger partial charge in [-0.2, -0.15) is 0 Å². The van der Waals surface area contributed by atoms with E-state index in [-0.39, 0.29) is 5.91 Å². The molecule has 0 unspecified atom stereocenters. The van der Waals surface area contributed by atoms with Crippen molar-refractivity contribution in [2.24, 2.45) is 0 Å². The minimum absolute atomic E-state index is 0.0593. The molecule has 80 valence electrons. The Morgan fingerprint density at radius 1 is 1.60 bits per heavy atom. The van der Waals surface area contributed by atoms with Gasteiger partial charge < -0.3 is 10.1 Å². The van der Waals surface area contributed by atoms with Crippen molar-refractivity contribution in [3.05, 3.63) is 28.3 Å². The van der Waals surface area contributed by atoms with Crippen LogP contribution in [0.3, 0.4) is 0 Å². The van der Waals surface area contributed by atoms with Gasteiger partial charge in [0.15, 0.2) is 0 Å². The lowest BCUT2D eigenvalue weighted by molar-refractivity contribution is 0.0955. The Morgan fingerprint density at radius 3 is 3.13 bits per heavy atom. The van der Waals surface area contributed by atoms with Crippen LogP contribution in [0.15, 0.2) is 12.1 Å². The van der Waals surface area contributed by atoms with Crippen molar-refractivity contribution in [2.45, 2.75) is 13.3 Å². The van der Waals surface area contributed by atoms with Crippen molar-refractivity contribution in [1.29, 1.82) is 0 Å². The minimum atomic E-state index is -0.0593. The molecule has 1 aliphatic heterocycles. The summed E-state index contributed by atoms with van der Waals surface area (Å²) in [6, 6.07) is 3.46. The van der Waals surface area contributed by atoms with Gasteiger partial charge in [-0.25, -0.2) is 0 Å². The smallest absolute Gasteiger partial charge is 0.251 e. The van der Waals surface area contributed by atoms with Gasteiger partial charge in [-0.1, -0.05) is 11.6 Å². The summed E-state index contributed by atoms with van der Waals surface area (Å²) in [5, 5.41) is 3.35. The zero-order valence-corrected chi connectivity index (χ0v) is 9.23. The molecule has 15 heavy (non-hydrogen) atoms. The predicted octanol–water partition coefficient (Wildman–Crippen LogP) is 2.02. The lowest BCUT2D eigenvalue weighted by Crippen LogP contribution is -2.23. The molecule has 0 radical (unpaired) electrons. The van der Waals surface area contributed by atoms with Gasteiger partial charge in [0.05, 0.1) is 11.6 Å². The quantitative estimate of drug-likeness (QED) is 0.837. The van der Waals surface area contributed by atoms with Crippen molar-refractivity contribution in [1.82, 2.24) is 5.32 Å². The Morgan fingerprint density at radius 2 is 2.40 bits per heavy atom. The van der Waals surface area contributed by atoms with Crippen molar-refractivity contribution in [3.63, 3.8) is 0 Å². The third-order valence-corrected chi connectivity index (χ3v) is 2.69. The summed E-state index contributed by atoms with van der Waals surface area (Å²) in [7, 11) is 0. The first kappa shape index (κ1) is 10.3. The molecule has 4 heteroatoms. The Labute approximate surface area is 93.4 Å². The van der Waals surface area contributed by atoms with E-state index in [1.807, 2.05) is 6.92 Å². The highest BCUT2D eigenvalue weighted by molar-refractivity contribution is 6.32. The van der Waals surface area contributed by atoms with Crippen LogP contribution in [-0.2, 0) is 6.42 Å². The van der Waals surface area contributed by atoms with Crippen LogP contribution in [0.25, 0.3) is 0 Å². The van der Waals surface area contributed by atoms with E-state index < -0.39 is 0 Å². The molecule has 1 aromatic rings. The molecule has 0 fully saturated rings. The molecule has 1 aliphatic rings. The fourth-order valence-corrected chi connectivity index (χ4v) is 1.96. The molecule has 0 aliphatic carbocycles. The maximum atomic E-state index is 11.7. The molecule has 1 amide bonds. The second-order valence-corrected chi connectivity index (χ2v) is 3.77. The minimum Gasteiger partial charge on any atom is -0.491 e. The van der Waals surface area contributed by atoms with E-state index in [2.05, 4.69) is 5.32 Å². The third-order valence-electron chi connectivity index (χ3n) is 2.39. The Bertz CT molecular complexity index is 404. The van der Waals surface area contributed by atoms with Crippen LogP contribution in [0, 0.1) is 0 Å². The number of amides is 1. The second kappa shape index (κ2) is 4.11. The number of fused-ring (bicyclic) bond motifs is 1. The number of hydrogen-bond donors (Lipinski definition) is 1. The van der Waals surface area contributed by atoms with Crippen LogP contribution in [0.1, 0.15) is 22.8 Å². The lowest BCUT2D eigenvalue weighted by atomic mass is 10.0. The number of hydrogen-bond acceptors (Lipinski definition) is 2. The van der Waals surface area contributed by atoms with Gasteiger partial charge in [-0.05, 0) is 19.1 Å². The summed E-state index contributed by atoms with van der Waals surface area (Å²) < 4.78 is 5.39. The second-order valence-electron chi connectivity index (χ2n) is 3.36. The van der Waals surface area contributed by atoms with E-state index in [1.165, 1.54) is 0 Å². The van der Waals surface area contributed by atoms with Crippen molar-refractivity contribution >= 4 is 17.5 Å². The van der Waals surface area contributed by atoms with E-state index in [9.17, 15) is 4.79 Å². The Balaban J connectivity index is 2.41. The normalized spacial score (nSPS) is 13.2. The molecular formula is C11H12ClNO2. The first-order valence-corrected chi connectivity index (χ1v) is 5.34. The number of benzene rings is 1. The summed E-state index contributed by atoms with van der Waals surface area (Å²) in [5.41, 5.74) is 1.60. The molecule has 0 atom stereocenters. The molecule has 0 saturated carbocycles. The first-order chi connectivity index (χ1) is 7.24. The lowest BCUT2D eigenvalue weighted by Gasteiger charge is -2.07. The van der Waals surface area contributed by atoms with Crippen LogP contribution in [-0.4, -0.2) is 19.1 Å². The van der Waals surface area contributed by atoms with Gasteiger partial charge in [-0.15, -0.1) is 0 Å². The average Bonchev–Trinajstić information content (AvgIpc) is 2.68. The number of ether oxygens (including phenoxy) is 1. The molecule has 1 heterocycles. The molecular weight excluding hydrogens is 214 g/mol. The number of nitrogens with one attached hydrogen (secondary N) is 1. The number of carbonyl (C=O) groups excluding carboxylic acids is 1. The Hall–Kier alpha value is -1.22. The fourth-order valence-electron chi connectivity index (χ4n) is 1.73. The summed E-state index contributed by atoms with van der Waals surface area (Å²) in [6.07, 6.45) is 0.752. The SMILES string of the molecule is CCNC(=O)c1ccc(Cl)c2c1CCO2. The zero-order chi connectivity index (χ0) is 10.8.